The Hall–Kier alpha value is -3.03. The number of amides is 1. The maximum absolute atomic E-state index is 12.5. The molecule has 0 bridgehead atoms. The van der Waals surface area contributed by atoms with Crippen LogP contribution in [0.2, 0.25) is 5.02 Å². The molecule has 3 aromatic rings. The van der Waals surface area contributed by atoms with Gasteiger partial charge in [-0.05, 0) is 31.0 Å². The van der Waals surface area contributed by atoms with Gasteiger partial charge in [-0.15, -0.1) is 18.3 Å². The summed E-state index contributed by atoms with van der Waals surface area (Å²) in [6.07, 6.45) is -2.24. The number of carbonyl (C=O) groups excluding carboxylic acids is 1. The maximum Gasteiger partial charge on any atom is 0.522 e. The van der Waals surface area contributed by atoms with Crippen LogP contribution in [-0.4, -0.2) is 58.2 Å². The van der Waals surface area contributed by atoms with E-state index in [9.17, 15) is 18.0 Å². The lowest BCUT2D eigenvalue weighted by Gasteiger charge is -2.28. The number of piperidine rings is 1. The predicted octanol–water partition coefficient (Wildman–Crippen LogP) is 2.80. The third-order valence-corrected chi connectivity index (χ3v) is 5.02. The fraction of sp³-hybridized carbons (Fsp3) is 0.421. The number of fused-ring (bicyclic) bond motifs is 1. The van der Waals surface area contributed by atoms with E-state index in [0.717, 1.165) is 5.39 Å². The average Bonchev–Trinajstić information content (AvgIpc) is 3.25. The van der Waals surface area contributed by atoms with Crippen molar-refractivity contribution in [1.82, 2.24) is 30.8 Å². The van der Waals surface area contributed by atoms with Crippen molar-refractivity contribution in [3.8, 4) is 6.08 Å². The van der Waals surface area contributed by atoms with Gasteiger partial charge in [0.1, 0.15) is 6.61 Å². The van der Waals surface area contributed by atoms with Crippen molar-refractivity contribution in [1.29, 1.82) is 0 Å². The van der Waals surface area contributed by atoms with E-state index < -0.39 is 25.5 Å². The first-order valence-corrected chi connectivity index (χ1v) is 10.3. The largest absolute Gasteiger partial charge is 0.522 e. The van der Waals surface area contributed by atoms with Crippen LogP contribution in [0.4, 0.5) is 13.2 Å². The Morgan fingerprint density at radius 3 is 2.88 bits per heavy atom. The lowest BCUT2D eigenvalue weighted by atomic mass is 10.0. The zero-order chi connectivity index (χ0) is 23.4. The second-order valence-corrected chi connectivity index (χ2v) is 7.59. The summed E-state index contributed by atoms with van der Waals surface area (Å²) >= 11 is 5.94. The molecule has 4 rings (SSSR count). The molecule has 0 radical (unpaired) electrons. The minimum Gasteiger partial charge on any atom is -0.447 e. The number of carbonyl (C=O) groups is 1. The monoisotopic (exact) mass is 486 g/mol. The number of benzene rings is 1. The number of ether oxygens (including phenoxy) is 2. The van der Waals surface area contributed by atoms with Gasteiger partial charge >= 0.3 is 12.4 Å². The second-order valence-electron chi connectivity index (χ2n) is 7.15. The zero-order valence-corrected chi connectivity index (χ0v) is 17.7. The quantitative estimate of drug-likeness (QED) is 0.485. The number of hydrogen-bond donors (Lipinski definition) is 2. The summed E-state index contributed by atoms with van der Waals surface area (Å²) in [5.74, 6) is -0.102. The van der Waals surface area contributed by atoms with Crippen molar-refractivity contribution in [3.05, 3.63) is 41.1 Å². The molecule has 1 aromatic carbocycles. The van der Waals surface area contributed by atoms with E-state index in [0.29, 0.717) is 29.9 Å². The normalized spacial score (nSPS) is 18.9. The summed E-state index contributed by atoms with van der Waals surface area (Å²) in [6.45, 7) is -0.659. The molecule has 2 aromatic heterocycles. The molecule has 10 nitrogen and oxygen atoms in total. The number of nitrogens with zero attached hydrogens (tertiary/aromatic N) is 4. The van der Waals surface area contributed by atoms with Gasteiger partial charge in [-0.2, -0.15) is 0 Å². The first kappa shape index (κ1) is 23.1. The topological polar surface area (TPSA) is 124 Å². The highest BCUT2D eigenvalue weighted by molar-refractivity contribution is 6.31. The highest BCUT2D eigenvalue weighted by atomic mass is 35.5. The van der Waals surface area contributed by atoms with E-state index in [-0.39, 0.29) is 29.9 Å². The van der Waals surface area contributed by atoms with Crippen LogP contribution < -0.4 is 15.4 Å². The van der Waals surface area contributed by atoms with Crippen molar-refractivity contribution in [3.63, 3.8) is 0 Å². The average molecular weight is 487 g/mol. The zero-order valence-electron chi connectivity index (χ0n) is 16.9. The molecule has 1 aliphatic heterocycles. The highest BCUT2D eigenvalue weighted by Gasteiger charge is 2.29. The summed E-state index contributed by atoms with van der Waals surface area (Å²) in [4.78, 5) is 20.9. The summed E-state index contributed by atoms with van der Waals surface area (Å²) in [7, 11) is 0. The Bertz CT molecular complexity index is 1120. The van der Waals surface area contributed by atoms with E-state index in [1.807, 2.05) is 0 Å². The number of aromatic nitrogens is 4. The third kappa shape index (κ3) is 6.27. The number of rotatable bonds is 7. The number of nitrogens with one attached hydrogen (secondary N) is 2. The first-order chi connectivity index (χ1) is 15.8. The van der Waals surface area contributed by atoms with E-state index in [2.05, 4.69) is 35.5 Å². The molecule has 3 heterocycles. The van der Waals surface area contributed by atoms with Crippen LogP contribution in [0.25, 0.3) is 10.9 Å². The molecule has 0 aliphatic carbocycles. The molecule has 1 saturated heterocycles. The van der Waals surface area contributed by atoms with Gasteiger partial charge in [0.15, 0.2) is 0 Å². The Kier molecular flexibility index (Phi) is 6.91. The van der Waals surface area contributed by atoms with Crippen LogP contribution in [0.5, 0.6) is 6.08 Å². The van der Waals surface area contributed by atoms with Crippen molar-refractivity contribution in [2.24, 2.45) is 0 Å². The Morgan fingerprint density at radius 2 is 2.12 bits per heavy atom. The Labute approximate surface area is 189 Å². The third-order valence-electron chi connectivity index (χ3n) is 4.79. The second kappa shape index (κ2) is 9.85. The van der Waals surface area contributed by atoms with Crippen molar-refractivity contribution >= 4 is 28.4 Å². The maximum atomic E-state index is 12.5. The number of alkyl halides is 3. The molecule has 176 valence electrons. The van der Waals surface area contributed by atoms with E-state index in [4.69, 9.17) is 20.8 Å². The van der Waals surface area contributed by atoms with Gasteiger partial charge in [0.25, 0.3) is 5.91 Å². The van der Waals surface area contributed by atoms with E-state index in [1.54, 1.807) is 24.4 Å². The smallest absolute Gasteiger partial charge is 0.447 e. The van der Waals surface area contributed by atoms with Crippen LogP contribution >= 0.6 is 11.6 Å². The molecule has 0 saturated carbocycles. The van der Waals surface area contributed by atoms with Gasteiger partial charge in [-0.25, -0.2) is 9.97 Å². The highest BCUT2D eigenvalue weighted by Crippen LogP contribution is 2.24. The van der Waals surface area contributed by atoms with E-state index in [1.165, 1.54) is 0 Å². The van der Waals surface area contributed by atoms with Crippen molar-refractivity contribution in [2.75, 3.05) is 19.8 Å². The molecule has 2 N–H and O–H groups in total. The molecule has 0 unspecified atom stereocenters. The molecule has 1 aliphatic rings. The van der Waals surface area contributed by atoms with Gasteiger partial charge in [0.05, 0.1) is 18.2 Å². The summed E-state index contributed by atoms with van der Waals surface area (Å²) in [5.41, 5.74) is 0.612. The van der Waals surface area contributed by atoms with Crippen molar-refractivity contribution in [2.45, 2.75) is 31.3 Å². The molecular weight excluding hydrogens is 469 g/mol. The van der Waals surface area contributed by atoms with Crippen LogP contribution in [0.3, 0.4) is 0 Å². The van der Waals surface area contributed by atoms with Gasteiger partial charge in [-0.1, -0.05) is 16.7 Å². The lowest BCUT2D eigenvalue weighted by molar-refractivity contribution is -0.325. The number of hydrogen-bond acceptors (Lipinski definition) is 9. The molecule has 2 atom stereocenters. The van der Waals surface area contributed by atoms with Gasteiger partial charge in [0.2, 0.25) is 11.7 Å². The summed E-state index contributed by atoms with van der Waals surface area (Å²) < 4.78 is 49.7. The molecular formula is C19H18ClF3N6O4. The first-order valence-electron chi connectivity index (χ1n) is 9.90. The molecule has 1 fully saturated rings. The summed E-state index contributed by atoms with van der Waals surface area (Å²) in [6, 6.07) is 4.67. The fourth-order valence-corrected chi connectivity index (χ4v) is 3.44. The fourth-order valence-electron chi connectivity index (χ4n) is 3.26. The Balaban J connectivity index is 1.25. The SMILES string of the molecule is O=C(N[C@H]1CC[C@H](c2nnc(OCCOC(F)(F)F)o2)NC1)c1ncc2cc(Cl)ccc2n1. The van der Waals surface area contributed by atoms with Crippen LogP contribution in [0, 0.1) is 0 Å². The van der Waals surface area contributed by atoms with Crippen molar-refractivity contribution < 1.29 is 31.9 Å². The lowest BCUT2D eigenvalue weighted by Crippen LogP contribution is -2.47. The molecule has 0 spiro atoms. The van der Waals surface area contributed by atoms with Crippen LogP contribution in [-0.2, 0) is 4.74 Å². The van der Waals surface area contributed by atoms with Gasteiger partial charge < -0.3 is 19.8 Å². The molecule has 33 heavy (non-hydrogen) atoms. The molecule has 1 amide bonds. The molecule has 14 heteroatoms. The van der Waals surface area contributed by atoms with Gasteiger partial charge in [-0.3, -0.25) is 9.53 Å². The minimum atomic E-state index is -4.73. The predicted molar refractivity (Wildman–Crippen MR) is 108 cm³/mol. The standard InChI is InChI=1S/C19H18ClF3N6O4/c20-11-1-3-13-10(7-11)8-25-15(27-13)16(30)26-12-2-4-14(24-9-12)17-28-29-18(33-17)31-5-6-32-19(21,22)23/h1,3,7-8,12,14,24H,2,4-6,9H2,(H,26,30)/t12-,14+/m0/s1. The Morgan fingerprint density at radius 1 is 1.27 bits per heavy atom. The number of halogens is 4. The summed E-state index contributed by atoms with van der Waals surface area (Å²) in [5, 5.41) is 14.9. The van der Waals surface area contributed by atoms with Crippen LogP contribution in [0.15, 0.2) is 28.8 Å². The minimum absolute atomic E-state index is 0.0557. The van der Waals surface area contributed by atoms with Gasteiger partial charge in [0, 0.05) is 29.2 Å². The van der Waals surface area contributed by atoms with E-state index >= 15 is 0 Å². The van der Waals surface area contributed by atoms with Crippen LogP contribution in [0.1, 0.15) is 35.4 Å².